The van der Waals surface area contributed by atoms with E-state index in [1.807, 2.05) is 36.4 Å². The molecule has 0 aliphatic carbocycles. The summed E-state index contributed by atoms with van der Waals surface area (Å²) in [7, 11) is 1.50. The van der Waals surface area contributed by atoms with E-state index in [0.29, 0.717) is 44.9 Å². The van der Waals surface area contributed by atoms with Gasteiger partial charge in [0.1, 0.15) is 17.1 Å². The van der Waals surface area contributed by atoms with Gasteiger partial charge < -0.3 is 10.1 Å². The smallest absolute Gasteiger partial charge is 0.221 e. The molecule has 4 rings (SSSR count). The summed E-state index contributed by atoms with van der Waals surface area (Å²) in [6, 6.07) is 15.9. The molecule has 10 heteroatoms. The van der Waals surface area contributed by atoms with Gasteiger partial charge in [-0.05, 0) is 42.5 Å². The Balaban J connectivity index is 1.58. The summed E-state index contributed by atoms with van der Waals surface area (Å²) in [6.07, 6.45) is 3.34. The minimum absolute atomic E-state index is 0.0815. The van der Waals surface area contributed by atoms with Crippen LogP contribution in [0.4, 0.5) is 5.69 Å². The fourth-order valence-corrected chi connectivity index (χ4v) is 3.79. The quantitative estimate of drug-likeness (QED) is 0.300. The third-order valence-electron chi connectivity index (χ3n) is 4.65. The number of pyridine rings is 2. The van der Waals surface area contributed by atoms with Gasteiger partial charge >= 0.3 is 0 Å². The lowest BCUT2D eigenvalue weighted by Crippen LogP contribution is -2.10. The van der Waals surface area contributed by atoms with Gasteiger partial charge in [-0.25, -0.2) is 4.98 Å². The molecule has 0 atom stereocenters. The molecule has 0 radical (unpaired) electrons. The highest BCUT2D eigenvalue weighted by Crippen LogP contribution is 2.29. The molecule has 0 spiro atoms. The number of carbonyl (C=O) groups excluding carboxylic acids is 2. The molecular weight excluding hydrogens is 452 g/mol. The average molecular weight is 473 g/mol. The van der Waals surface area contributed by atoms with Gasteiger partial charge in [-0.2, -0.15) is 0 Å². The highest BCUT2D eigenvalue weighted by Gasteiger charge is 2.17. The van der Waals surface area contributed by atoms with Gasteiger partial charge in [0.2, 0.25) is 11.1 Å². The minimum atomic E-state index is -0.258. The van der Waals surface area contributed by atoms with Gasteiger partial charge in [0.05, 0.1) is 29.9 Å². The standard InChI is InChI=1S/C24H20N6O3S/c1-15(31)27-19-13-16(9-10-21(19)33-2)20(32)14-34-24-28-22(17-7-3-5-11-25-17)23(29-30-24)18-8-4-6-12-26-18/h3-13H,14H2,1-2H3,(H,27,31). The topological polar surface area (TPSA) is 120 Å². The first-order chi connectivity index (χ1) is 16.5. The van der Waals surface area contributed by atoms with Crippen molar-refractivity contribution in [2.75, 3.05) is 18.2 Å². The Morgan fingerprint density at radius 1 is 0.941 bits per heavy atom. The lowest BCUT2D eigenvalue weighted by Gasteiger charge is -2.11. The summed E-state index contributed by atoms with van der Waals surface area (Å²) in [6.45, 7) is 1.39. The highest BCUT2D eigenvalue weighted by atomic mass is 32.2. The maximum Gasteiger partial charge on any atom is 0.221 e. The summed E-state index contributed by atoms with van der Waals surface area (Å²) in [5.41, 5.74) is 3.15. The van der Waals surface area contributed by atoms with E-state index < -0.39 is 0 Å². The molecule has 1 aromatic carbocycles. The number of Topliss-reactive ketones (excluding diaryl/α,β-unsaturated/α-hetero) is 1. The second-order valence-electron chi connectivity index (χ2n) is 7.03. The van der Waals surface area contributed by atoms with Crippen molar-refractivity contribution in [2.45, 2.75) is 12.1 Å². The molecule has 9 nitrogen and oxygen atoms in total. The normalized spacial score (nSPS) is 10.5. The Morgan fingerprint density at radius 3 is 2.26 bits per heavy atom. The second-order valence-corrected chi connectivity index (χ2v) is 7.97. The molecule has 0 aliphatic heterocycles. The lowest BCUT2D eigenvalue weighted by molar-refractivity contribution is -0.114. The molecule has 34 heavy (non-hydrogen) atoms. The molecule has 0 saturated carbocycles. The van der Waals surface area contributed by atoms with Gasteiger partial charge in [0, 0.05) is 24.9 Å². The van der Waals surface area contributed by atoms with Crippen molar-refractivity contribution >= 4 is 29.1 Å². The van der Waals surface area contributed by atoms with E-state index in [0.717, 1.165) is 11.8 Å². The van der Waals surface area contributed by atoms with E-state index in [-0.39, 0.29) is 17.4 Å². The Labute approximate surface area is 200 Å². The first kappa shape index (κ1) is 23.0. The van der Waals surface area contributed by atoms with Crippen LogP contribution in [0.2, 0.25) is 0 Å². The first-order valence-electron chi connectivity index (χ1n) is 10.2. The highest BCUT2D eigenvalue weighted by molar-refractivity contribution is 7.99. The molecule has 1 amide bonds. The Bertz CT molecular complexity index is 1320. The van der Waals surface area contributed by atoms with Gasteiger partial charge in [0.15, 0.2) is 5.78 Å². The zero-order valence-electron chi connectivity index (χ0n) is 18.4. The maximum atomic E-state index is 12.8. The predicted molar refractivity (Wildman–Crippen MR) is 129 cm³/mol. The number of amides is 1. The summed E-state index contributed by atoms with van der Waals surface area (Å²) in [4.78, 5) is 37.7. The van der Waals surface area contributed by atoms with E-state index in [1.165, 1.54) is 14.0 Å². The second kappa shape index (κ2) is 10.6. The van der Waals surface area contributed by atoms with E-state index >= 15 is 0 Å². The van der Waals surface area contributed by atoms with Crippen molar-refractivity contribution in [1.29, 1.82) is 0 Å². The van der Waals surface area contributed by atoms with E-state index in [2.05, 4.69) is 30.5 Å². The molecule has 4 aromatic rings. The number of rotatable bonds is 8. The number of thioether (sulfide) groups is 1. The first-order valence-corrected chi connectivity index (χ1v) is 11.2. The van der Waals surface area contributed by atoms with Gasteiger partial charge in [-0.3, -0.25) is 19.6 Å². The van der Waals surface area contributed by atoms with Crippen molar-refractivity contribution in [3.8, 4) is 28.5 Å². The number of ether oxygens (including phenoxy) is 1. The monoisotopic (exact) mass is 472 g/mol. The number of benzene rings is 1. The molecule has 0 bridgehead atoms. The minimum Gasteiger partial charge on any atom is -0.495 e. The van der Waals surface area contributed by atoms with Gasteiger partial charge in [-0.1, -0.05) is 23.9 Å². The van der Waals surface area contributed by atoms with Crippen LogP contribution in [0.15, 0.2) is 72.1 Å². The van der Waals surface area contributed by atoms with E-state index in [4.69, 9.17) is 4.74 Å². The summed E-state index contributed by atoms with van der Waals surface area (Å²) in [5, 5.41) is 11.5. The molecule has 170 valence electrons. The number of hydrogen-bond acceptors (Lipinski definition) is 9. The fourth-order valence-electron chi connectivity index (χ4n) is 3.11. The number of nitrogens with one attached hydrogen (secondary N) is 1. The van der Waals surface area contributed by atoms with Gasteiger partial charge in [-0.15, -0.1) is 10.2 Å². The number of nitrogens with zero attached hydrogens (tertiary/aromatic N) is 5. The van der Waals surface area contributed by atoms with Crippen molar-refractivity contribution < 1.29 is 14.3 Å². The molecule has 3 heterocycles. The summed E-state index contributed by atoms with van der Waals surface area (Å²) in [5.74, 6) is 0.137. The molecule has 1 N–H and O–H groups in total. The van der Waals surface area contributed by atoms with Crippen LogP contribution in [0.25, 0.3) is 22.8 Å². The zero-order valence-corrected chi connectivity index (χ0v) is 19.2. The number of anilines is 1. The van der Waals surface area contributed by atoms with Gasteiger partial charge in [0.25, 0.3) is 0 Å². The number of ketones is 1. The molecule has 3 aromatic heterocycles. The van der Waals surface area contributed by atoms with Crippen molar-refractivity contribution in [3.63, 3.8) is 0 Å². The van der Waals surface area contributed by atoms with Crippen LogP contribution in [-0.4, -0.2) is 49.7 Å². The predicted octanol–water partition coefficient (Wildman–Crippen LogP) is 3.94. The van der Waals surface area contributed by atoms with Crippen LogP contribution >= 0.6 is 11.8 Å². The van der Waals surface area contributed by atoms with Crippen molar-refractivity contribution in [2.24, 2.45) is 0 Å². The van der Waals surface area contributed by atoms with Crippen LogP contribution < -0.4 is 10.1 Å². The molecule has 0 aliphatic rings. The van der Waals surface area contributed by atoms with Crippen LogP contribution in [0.3, 0.4) is 0 Å². The van der Waals surface area contributed by atoms with Crippen molar-refractivity contribution in [3.05, 3.63) is 72.6 Å². The Kier molecular flexibility index (Phi) is 7.19. The fraction of sp³-hybridized carbons (Fsp3) is 0.125. The number of hydrogen-bond donors (Lipinski definition) is 1. The molecular formula is C24H20N6O3S. The van der Waals surface area contributed by atoms with Crippen LogP contribution in [0, 0.1) is 0 Å². The van der Waals surface area contributed by atoms with Crippen LogP contribution in [0.1, 0.15) is 17.3 Å². The largest absolute Gasteiger partial charge is 0.495 e. The third-order valence-corrected chi connectivity index (χ3v) is 5.48. The lowest BCUT2D eigenvalue weighted by atomic mass is 10.1. The van der Waals surface area contributed by atoms with E-state index in [9.17, 15) is 9.59 Å². The third kappa shape index (κ3) is 5.41. The van der Waals surface area contributed by atoms with Crippen LogP contribution in [0.5, 0.6) is 5.75 Å². The molecule has 0 unspecified atom stereocenters. The molecule has 0 saturated heterocycles. The van der Waals surface area contributed by atoms with E-state index in [1.54, 1.807) is 30.6 Å². The number of aromatic nitrogens is 5. The number of carbonyl (C=O) groups is 2. The SMILES string of the molecule is COc1ccc(C(=O)CSc2nnc(-c3ccccn3)c(-c3ccccn3)n2)cc1NC(C)=O. The van der Waals surface area contributed by atoms with Crippen LogP contribution in [-0.2, 0) is 4.79 Å². The van der Waals surface area contributed by atoms with Crippen molar-refractivity contribution in [1.82, 2.24) is 25.1 Å². The Morgan fingerprint density at radius 2 is 1.65 bits per heavy atom. The Hall–Kier alpha value is -4.18. The number of methoxy groups -OCH3 is 1. The molecule has 0 fully saturated rings. The zero-order chi connectivity index (χ0) is 23.9. The summed E-state index contributed by atoms with van der Waals surface area (Å²) >= 11 is 1.16. The average Bonchev–Trinajstić information content (AvgIpc) is 2.88. The maximum absolute atomic E-state index is 12.8. The summed E-state index contributed by atoms with van der Waals surface area (Å²) < 4.78 is 5.24.